The molecule has 0 amide bonds. The van der Waals surface area contributed by atoms with Crippen molar-refractivity contribution in [3.8, 4) is 0 Å². The highest BCUT2D eigenvalue weighted by Gasteiger charge is 2.33. The van der Waals surface area contributed by atoms with Crippen LogP contribution in [0.1, 0.15) is 30.7 Å². The van der Waals surface area contributed by atoms with Crippen LogP contribution in [0.5, 0.6) is 0 Å². The van der Waals surface area contributed by atoms with Gasteiger partial charge in [0.25, 0.3) is 0 Å². The van der Waals surface area contributed by atoms with Crippen LogP contribution in [0, 0.1) is 5.92 Å². The number of carbonyl (C=O) groups excluding carboxylic acids is 1. The molecule has 0 saturated heterocycles. The van der Waals surface area contributed by atoms with Gasteiger partial charge in [-0.1, -0.05) is 28.1 Å². The molecular weight excluding hydrogens is 275 g/mol. The van der Waals surface area contributed by atoms with E-state index in [2.05, 4.69) is 28.1 Å². The van der Waals surface area contributed by atoms with Crippen LogP contribution in [-0.4, -0.2) is 5.24 Å². The molecule has 0 spiro atoms. The average Bonchev–Trinajstić information content (AvgIpc) is 2.99. The Balaban J connectivity index is 2.16. The Bertz CT molecular complexity index is 356. The number of hydrogen-bond acceptors (Lipinski definition) is 1. The average molecular weight is 288 g/mol. The minimum Gasteiger partial charge on any atom is -0.281 e. The van der Waals surface area contributed by atoms with Crippen LogP contribution in [0.2, 0.25) is 0 Å². The molecule has 2 rings (SSSR count). The minimum absolute atomic E-state index is 0.227. The Labute approximate surface area is 103 Å². The molecule has 1 aromatic carbocycles. The van der Waals surface area contributed by atoms with Gasteiger partial charge >= 0.3 is 0 Å². The Morgan fingerprint density at radius 3 is 2.47 bits per heavy atom. The first-order valence-electron chi connectivity index (χ1n) is 5.10. The van der Waals surface area contributed by atoms with E-state index in [-0.39, 0.29) is 5.24 Å². The van der Waals surface area contributed by atoms with E-state index in [9.17, 15) is 4.79 Å². The zero-order valence-corrected chi connectivity index (χ0v) is 10.6. The number of carbonyl (C=O) groups is 1. The smallest absolute Gasteiger partial charge is 0.222 e. The summed E-state index contributed by atoms with van der Waals surface area (Å²) in [5.41, 5.74) is 1.23. The van der Waals surface area contributed by atoms with Gasteiger partial charge in [0, 0.05) is 10.9 Å². The second-order valence-corrected chi connectivity index (χ2v) is 5.39. The van der Waals surface area contributed by atoms with E-state index in [1.165, 1.54) is 18.4 Å². The van der Waals surface area contributed by atoms with Crippen molar-refractivity contribution < 1.29 is 4.79 Å². The number of halogens is 2. The van der Waals surface area contributed by atoms with Gasteiger partial charge in [-0.05, 0) is 54.0 Å². The van der Waals surface area contributed by atoms with Crippen molar-refractivity contribution in [3.05, 3.63) is 34.3 Å². The Morgan fingerprint density at radius 2 is 2.00 bits per heavy atom. The van der Waals surface area contributed by atoms with Gasteiger partial charge in [0.1, 0.15) is 0 Å². The van der Waals surface area contributed by atoms with Gasteiger partial charge in [0.15, 0.2) is 0 Å². The maximum absolute atomic E-state index is 11.0. The van der Waals surface area contributed by atoms with Crippen LogP contribution in [0.4, 0.5) is 0 Å². The predicted octanol–water partition coefficient (Wildman–Crippen LogP) is 4.10. The topological polar surface area (TPSA) is 17.1 Å². The molecule has 0 N–H and O–H groups in total. The maximum Gasteiger partial charge on any atom is 0.222 e. The van der Waals surface area contributed by atoms with Crippen LogP contribution in [0.15, 0.2) is 28.7 Å². The fraction of sp³-hybridized carbons (Fsp3) is 0.417. The second kappa shape index (κ2) is 4.67. The molecule has 0 aromatic heterocycles. The van der Waals surface area contributed by atoms with Crippen molar-refractivity contribution >= 4 is 32.8 Å². The fourth-order valence-corrected chi connectivity index (χ4v) is 2.37. The van der Waals surface area contributed by atoms with Gasteiger partial charge in [-0.15, -0.1) is 0 Å². The van der Waals surface area contributed by atoms with Gasteiger partial charge in [0.05, 0.1) is 0 Å². The minimum atomic E-state index is -0.227. The molecular formula is C12H12BrClO. The molecule has 1 aromatic rings. The van der Waals surface area contributed by atoms with Crippen LogP contribution in [0.3, 0.4) is 0 Å². The molecule has 3 heteroatoms. The normalized spacial score (nSPS) is 17.5. The van der Waals surface area contributed by atoms with E-state index in [0.717, 1.165) is 4.47 Å². The fourth-order valence-electron chi connectivity index (χ4n) is 1.94. The summed E-state index contributed by atoms with van der Waals surface area (Å²) in [6, 6.07) is 8.19. The molecule has 0 radical (unpaired) electrons. The third kappa shape index (κ3) is 3.05. The van der Waals surface area contributed by atoms with E-state index in [4.69, 9.17) is 11.6 Å². The van der Waals surface area contributed by atoms with E-state index in [1.807, 2.05) is 12.1 Å². The summed E-state index contributed by atoms with van der Waals surface area (Å²) in [4.78, 5) is 11.0. The molecule has 1 atom stereocenters. The predicted molar refractivity (Wildman–Crippen MR) is 65.1 cm³/mol. The molecule has 0 aliphatic heterocycles. The third-order valence-electron chi connectivity index (χ3n) is 2.87. The summed E-state index contributed by atoms with van der Waals surface area (Å²) in [5, 5.41) is -0.227. The highest BCUT2D eigenvalue weighted by atomic mass is 79.9. The van der Waals surface area contributed by atoms with Gasteiger partial charge in [-0.3, -0.25) is 4.79 Å². The Kier molecular flexibility index (Phi) is 3.47. The van der Waals surface area contributed by atoms with Gasteiger partial charge in [-0.25, -0.2) is 0 Å². The zero-order valence-electron chi connectivity index (χ0n) is 8.25. The van der Waals surface area contributed by atoms with E-state index >= 15 is 0 Å². The summed E-state index contributed by atoms with van der Waals surface area (Å²) in [6.07, 6.45) is 2.92. The summed E-state index contributed by atoms with van der Waals surface area (Å²) in [6.45, 7) is 0. The van der Waals surface area contributed by atoms with Crippen molar-refractivity contribution in [2.24, 2.45) is 5.92 Å². The molecule has 1 unspecified atom stereocenters. The summed E-state index contributed by atoms with van der Waals surface area (Å²) in [7, 11) is 0. The number of rotatable bonds is 4. The second-order valence-electron chi connectivity index (χ2n) is 4.05. The van der Waals surface area contributed by atoms with Crippen LogP contribution >= 0.6 is 27.5 Å². The molecule has 1 aliphatic carbocycles. The van der Waals surface area contributed by atoms with Crippen molar-refractivity contribution in [1.29, 1.82) is 0 Å². The van der Waals surface area contributed by atoms with Crippen LogP contribution in [-0.2, 0) is 4.79 Å². The monoisotopic (exact) mass is 286 g/mol. The summed E-state index contributed by atoms with van der Waals surface area (Å²) >= 11 is 8.88. The molecule has 1 fully saturated rings. The lowest BCUT2D eigenvalue weighted by Crippen LogP contribution is -2.05. The first kappa shape index (κ1) is 11.2. The van der Waals surface area contributed by atoms with E-state index in [1.54, 1.807) is 0 Å². The number of hydrogen-bond donors (Lipinski definition) is 0. The standard InChI is InChI=1S/C12H12BrClO/c13-10-5-3-9(4-6-10)11(7-12(14)15)8-1-2-8/h3-6,8,11H,1-2,7H2. The van der Waals surface area contributed by atoms with Gasteiger partial charge in [-0.2, -0.15) is 0 Å². The molecule has 0 heterocycles. The molecule has 1 aliphatic rings. The quantitative estimate of drug-likeness (QED) is 0.762. The highest BCUT2D eigenvalue weighted by Crippen LogP contribution is 2.44. The highest BCUT2D eigenvalue weighted by molar-refractivity contribution is 9.10. The maximum atomic E-state index is 11.0. The lowest BCUT2D eigenvalue weighted by Gasteiger charge is -2.14. The summed E-state index contributed by atoms with van der Waals surface area (Å²) < 4.78 is 1.07. The van der Waals surface area contributed by atoms with Crippen molar-refractivity contribution in [2.75, 3.05) is 0 Å². The molecule has 1 saturated carbocycles. The molecule has 0 bridgehead atoms. The Morgan fingerprint density at radius 1 is 1.40 bits per heavy atom. The molecule has 1 nitrogen and oxygen atoms in total. The zero-order chi connectivity index (χ0) is 10.8. The Hall–Kier alpha value is -0.340. The van der Waals surface area contributed by atoms with Gasteiger partial charge in [0.2, 0.25) is 5.24 Å². The first-order chi connectivity index (χ1) is 7.16. The van der Waals surface area contributed by atoms with E-state index in [0.29, 0.717) is 18.3 Å². The summed E-state index contributed by atoms with van der Waals surface area (Å²) in [5.74, 6) is 0.983. The van der Waals surface area contributed by atoms with Gasteiger partial charge < -0.3 is 0 Å². The lowest BCUT2D eigenvalue weighted by molar-refractivity contribution is -0.112. The van der Waals surface area contributed by atoms with Crippen molar-refractivity contribution in [1.82, 2.24) is 0 Å². The first-order valence-corrected chi connectivity index (χ1v) is 6.27. The molecule has 15 heavy (non-hydrogen) atoms. The largest absolute Gasteiger partial charge is 0.281 e. The lowest BCUT2D eigenvalue weighted by atomic mass is 9.92. The van der Waals surface area contributed by atoms with Crippen LogP contribution in [0.25, 0.3) is 0 Å². The van der Waals surface area contributed by atoms with E-state index < -0.39 is 0 Å². The van der Waals surface area contributed by atoms with Crippen LogP contribution < -0.4 is 0 Å². The third-order valence-corrected chi connectivity index (χ3v) is 3.55. The molecule has 80 valence electrons. The van der Waals surface area contributed by atoms with Crippen molar-refractivity contribution in [2.45, 2.75) is 25.2 Å². The number of benzene rings is 1. The van der Waals surface area contributed by atoms with Crippen molar-refractivity contribution in [3.63, 3.8) is 0 Å². The SMILES string of the molecule is O=C(Cl)CC(c1ccc(Br)cc1)C1CC1.